The third-order valence-corrected chi connectivity index (χ3v) is 4.42. The van der Waals surface area contributed by atoms with Gasteiger partial charge in [-0.15, -0.1) is 11.3 Å². The molecule has 2 atom stereocenters. The van der Waals surface area contributed by atoms with E-state index in [0.29, 0.717) is 5.92 Å². The van der Waals surface area contributed by atoms with E-state index in [-0.39, 0.29) is 5.92 Å². The topological polar surface area (TPSA) is 39.9 Å². The molecule has 1 fully saturated rings. The van der Waals surface area contributed by atoms with Crippen LogP contribution in [-0.2, 0) is 0 Å². The fourth-order valence-electron chi connectivity index (χ4n) is 2.38. The fourth-order valence-corrected chi connectivity index (χ4v) is 3.41. The van der Waals surface area contributed by atoms with Crippen LogP contribution in [0.4, 0.5) is 0 Å². The molecule has 0 bridgehead atoms. The van der Waals surface area contributed by atoms with E-state index in [4.69, 9.17) is 5.26 Å². The standard InChI is InChI=1S/C13H19N3S/c1-3-10(7-14)13-15-12(9-17-13)11-5-4-6-16(2)8-11/h9-11H,3-6,8H2,1-2H3. The number of hydrogen-bond donors (Lipinski definition) is 0. The monoisotopic (exact) mass is 249 g/mol. The van der Waals surface area contributed by atoms with E-state index in [1.165, 1.54) is 25.1 Å². The molecule has 3 nitrogen and oxygen atoms in total. The maximum atomic E-state index is 9.05. The number of nitrogens with zero attached hydrogens (tertiary/aromatic N) is 3. The Morgan fingerprint density at radius 3 is 3.18 bits per heavy atom. The summed E-state index contributed by atoms with van der Waals surface area (Å²) in [7, 11) is 2.17. The summed E-state index contributed by atoms with van der Waals surface area (Å²) in [5.41, 5.74) is 1.20. The molecular formula is C13H19N3S. The van der Waals surface area contributed by atoms with Gasteiger partial charge < -0.3 is 4.90 Å². The highest BCUT2D eigenvalue weighted by Crippen LogP contribution is 2.30. The highest BCUT2D eigenvalue weighted by atomic mass is 32.1. The third kappa shape index (κ3) is 2.85. The Balaban J connectivity index is 2.10. The van der Waals surface area contributed by atoms with Crippen molar-refractivity contribution in [2.24, 2.45) is 0 Å². The summed E-state index contributed by atoms with van der Waals surface area (Å²) in [5, 5.41) is 12.2. The predicted octanol–water partition coefficient (Wildman–Crippen LogP) is 2.97. The predicted molar refractivity (Wildman–Crippen MR) is 70.2 cm³/mol. The number of nitriles is 1. The van der Waals surface area contributed by atoms with E-state index in [1.807, 2.05) is 6.92 Å². The minimum absolute atomic E-state index is 0.0185. The maximum absolute atomic E-state index is 9.05. The van der Waals surface area contributed by atoms with Gasteiger partial charge in [-0.3, -0.25) is 0 Å². The molecule has 1 aromatic heterocycles. The van der Waals surface area contributed by atoms with Crippen LogP contribution < -0.4 is 0 Å². The van der Waals surface area contributed by atoms with Gasteiger partial charge in [-0.05, 0) is 32.9 Å². The summed E-state index contributed by atoms with van der Waals surface area (Å²) in [5.74, 6) is 0.546. The largest absolute Gasteiger partial charge is 0.306 e. The zero-order valence-corrected chi connectivity index (χ0v) is 11.3. The summed E-state index contributed by atoms with van der Waals surface area (Å²) in [6, 6.07) is 2.33. The molecule has 2 rings (SSSR count). The molecule has 0 aromatic carbocycles. The third-order valence-electron chi connectivity index (χ3n) is 3.44. The Bertz CT molecular complexity index is 407. The maximum Gasteiger partial charge on any atom is 0.110 e. The summed E-state index contributed by atoms with van der Waals surface area (Å²) in [4.78, 5) is 7.05. The Morgan fingerprint density at radius 2 is 2.53 bits per heavy atom. The van der Waals surface area contributed by atoms with Gasteiger partial charge >= 0.3 is 0 Å². The number of likely N-dealkylation sites (tertiary alicyclic amines) is 1. The first-order chi connectivity index (χ1) is 8.24. The van der Waals surface area contributed by atoms with Gasteiger partial charge in [0, 0.05) is 17.8 Å². The van der Waals surface area contributed by atoms with Crippen LogP contribution in [0.15, 0.2) is 5.38 Å². The average molecular weight is 249 g/mol. The molecule has 0 spiro atoms. The lowest BCUT2D eigenvalue weighted by Gasteiger charge is -2.28. The van der Waals surface area contributed by atoms with Gasteiger partial charge in [0.1, 0.15) is 5.01 Å². The van der Waals surface area contributed by atoms with Crippen LogP contribution in [0.5, 0.6) is 0 Å². The number of hydrogen-bond acceptors (Lipinski definition) is 4. The molecular weight excluding hydrogens is 230 g/mol. The van der Waals surface area contributed by atoms with Crippen molar-refractivity contribution in [3.63, 3.8) is 0 Å². The molecule has 0 saturated carbocycles. The van der Waals surface area contributed by atoms with Gasteiger partial charge in [0.15, 0.2) is 0 Å². The van der Waals surface area contributed by atoms with Crippen molar-refractivity contribution in [3.05, 3.63) is 16.1 Å². The van der Waals surface area contributed by atoms with Gasteiger partial charge in [0.2, 0.25) is 0 Å². The van der Waals surface area contributed by atoms with Gasteiger partial charge in [-0.2, -0.15) is 5.26 Å². The molecule has 1 aromatic rings. The van der Waals surface area contributed by atoms with Crippen molar-refractivity contribution >= 4 is 11.3 Å². The van der Waals surface area contributed by atoms with Crippen LogP contribution in [0.2, 0.25) is 0 Å². The average Bonchev–Trinajstić information content (AvgIpc) is 2.80. The zero-order chi connectivity index (χ0) is 12.3. The highest BCUT2D eigenvalue weighted by Gasteiger charge is 2.22. The minimum Gasteiger partial charge on any atom is -0.306 e. The van der Waals surface area contributed by atoms with Crippen LogP contribution in [0.1, 0.15) is 48.7 Å². The van der Waals surface area contributed by atoms with E-state index < -0.39 is 0 Å². The second-order valence-electron chi connectivity index (χ2n) is 4.80. The lowest BCUT2D eigenvalue weighted by molar-refractivity contribution is 0.248. The molecule has 0 aliphatic carbocycles. The summed E-state index contributed by atoms with van der Waals surface area (Å²) < 4.78 is 0. The van der Waals surface area contributed by atoms with E-state index in [9.17, 15) is 0 Å². The van der Waals surface area contributed by atoms with Gasteiger partial charge in [-0.1, -0.05) is 6.92 Å². The summed E-state index contributed by atoms with van der Waals surface area (Å²) in [6.07, 6.45) is 3.34. The van der Waals surface area contributed by atoms with Crippen LogP contribution in [0.3, 0.4) is 0 Å². The molecule has 0 radical (unpaired) electrons. The Kier molecular flexibility index (Phi) is 4.14. The smallest absolute Gasteiger partial charge is 0.110 e. The first kappa shape index (κ1) is 12.5. The highest BCUT2D eigenvalue weighted by molar-refractivity contribution is 7.09. The van der Waals surface area contributed by atoms with Crippen molar-refractivity contribution in [3.8, 4) is 6.07 Å². The summed E-state index contributed by atoms with van der Waals surface area (Å²) >= 11 is 1.65. The van der Waals surface area contributed by atoms with E-state index in [2.05, 4.69) is 28.4 Å². The van der Waals surface area contributed by atoms with Crippen molar-refractivity contribution in [1.29, 1.82) is 5.26 Å². The quantitative estimate of drug-likeness (QED) is 0.827. The molecule has 4 heteroatoms. The molecule has 1 aliphatic rings. The van der Waals surface area contributed by atoms with Crippen molar-refractivity contribution in [2.45, 2.75) is 38.0 Å². The minimum atomic E-state index is -0.0185. The number of likely N-dealkylation sites (N-methyl/N-ethyl adjacent to an activating group) is 1. The SMILES string of the molecule is CCC(C#N)c1nc(C2CCCN(C)C2)cs1. The fraction of sp³-hybridized carbons (Fsp3) is 0.692. The number of aromatic nitrogens is 1. The van der Waals surface area contributed by atoms with Crippen LogP contribution in [-0.4, -0.2) is 30.0 Å². The number of thiazole rings is 1. The normalized spacial score (nSPS) is 23.2. The van der Waals surface area contributed by atoms with E-state index in [0.717, 1.165) is 18.0 Å². The van der Waals surface area contributed by atoms with Crippen LogP contribution in [0, 0.1) is 11.3 Å². The number of rotatable bonds is 3. The second-order valence-corrected chi connectivity index (χ2v) is 5.69. The summed E-state index contributed by atoms with van der Waals surface area (Å²) in [6.45, 7) is 4.35. The van der Waals surface area contributed by atoms with Crippen LogP contribution in [0.25, 0.3) is 0 Å². The Morgan fingerprint density at radius 1 is 1.71 bits per heavy atom. The molecule has 2 heterocycles. The first-order valence-electron chi connectivity index (χ1n) is 6.28. The van der Waals surface area contributed by atoms with Crippen molar-refractivity contribution < 1.29 is 0 Å². The molecule has 2 unspecified atom stereocenters. The van der Waals surface area contributed by atoms with Crippen molar-refractivity contribution in [1.82, 2.24) is 9.88 Å². The van der Waals surface area contributed by atoms with E-state index >= 15 is 0 Å². The van der Waals surface area contributed by atoms with Crippen LogP contribution >= 0.6 is 11.3 Å². The lowest BCUT2D eigenvalue weighted by atomic mass is 9.96. The molecule has 1 saturated heterocycles. The Hall–Kier alpha value is -0.920. The first-order valence-corrected chi connectivity index (χ1v) is 7.16. The molecule has 0 amide bonds. The molecule has 1 aliphatic heterocycles. The van der Waals surface area contributed by atoms with Crippen molar-refractivity contribution in [2.75, 3.05) is 20.1 Å². The molecule has 0 N–H and O–H groups in total. The van der Waals surface area contributed by atoms with Gasteiger partial charge in [0.25, 0.3) is 0 Å². The molecule has 17 heavy (non-hydrogen) atoms. The second kappa shape index (κ2) is 5.61. The van der Waals surface area contributed by atoms with Gasteiger partial charge in [-0.25, -0.2) is 4.98 Å². The van der Waals surface area contributed by atoms with Gasteiger partial charge in [0.05, 0.1) is 17.7 Å². The lowest BCUT2D eigenvalue weighted by Crippen LogP contribution is -2.30. The number of piperidine rings is 1. The Labute approximate surface area is 107 Å². The van der Waals surface area contributed by atoms with E-state index in [1.54, 1.807) is 11.3 Å². The zero-order valence-electron chi connectivity index (χ0n) is 10.5. The molecule has 92 valence electrons.